The lowest BCUT2D eigenvalue weighted by atomic mass is 10.2. The molecule has 5 aromatic rings. The lowest BCUT2D eigenvalue weighted by molar-refractivity contribution is 0.0786. The van der Waals surface area contributed by atoms with Crippen LogP contribution < -0.4 is 5.32 Å². The molecule has 0 saturated heterocycles. The quantitative estimate of drug-likeness (QED) is 0.0956. The molecule has 0 aliphatic carbocycles. The Labute approximate surface area is 266 Å². The molecule has 0 radical (unpaired) electrons. The van der Waals surface area contributed by atoms with Crippen LogP contribution in [0.15, 0.2) is 67.0 Å². The van der Waals surface area contributed by atoms with Crippen molar-refractivity contribution in [2.75, 3.05) is 18.5 Å². The fourth-order valence-electron chi connectivity index (χ4n) is 4.54. The van der Waals surface area contributed by atoms with E-state index in [1.807, 2.05) is 59.4 Å². The third-order valence-corrected chi connectivity index (χ3v) is 10.8. The highest BCUT2D eigenvalue weighted by molar-refractivity contribution is 6.76. The first-order valence-corrected chi connectivity index (χ1v) is 22.8. The molecule has 9 nitrogen and oxygen atoms in total. The molecule has 2 aromatic carbocycles. The molecule has 3 heterocycles. The minimum Gasteiger partial charge on any atom is -0.361 e. The molecule has 0 fully saturated rings. The maximum Gasteiger partial charge on any atom is 0.165 e. The van der Waals surface area contributed by atoms with Crippen molar-refractivity contribution in [3.8, 4) is 22.9 Å². The molecular formula is C32H42ClN7O2Si2. The number of aromatic nitrogens is 6. The second-order valence-corrected chi connectivity index (χ2v) is 25.0. The number of imidazole rings is 1. The van der Waals surface area contributed by atoms with E-state index in [-0.39, 0.29) is 0 Å². The lowest BCUT2D eigenvalue weighted by Crippen LogP contribution is -2.22. The van der Waals surface area contributed by atoms with Crippen molar-refractivity contribution in [3.05, 3.63) is 72.0 Å². The zero-order valence-electron chi connectivity index (χ0n) is 26.5. The second kappa shape index (κ2) is 13.7. The zero-order chi connectivity index (χ0) is 31.3. The molecule has 0 atom stereocenters. The van der Waals surface area contributed by atoms with Gasteiger partial charge in [-0.1, -0.05) is 75.1 Å². The van der Waals surface area contributed by atoms with Crippen LogP contribution in [-0.4, -0.2) is 58.7 Å². The summed E-state index contributed by atoms with van der Waals surface area (Å²) in [6.45, 7) is 16.2. The molecule has 0 bridgehead atoms. The van der Waals surface area contributed by atoms with Gasteiger partial charge in [-0.15, -0.1) is 0 Å². The topological polar surface area (TPSA) is 91.9 Å². The van der Waals surface area contributed by atoms with Gasteiger partial charge in [-0.2, -0.15) is 5.10 Å². The second-order valence-electron chi connectivity index (χ2n) is 13.3. The van der Waals surface area contributed by atoms with Gasteiger partial charge in [0.25, 0.3) is 0 Å². The number of fused-ring (bicyclic) bond motifs is 1. The number of nitrogens with zero attached hydrogens (tertiary/aromatic N) is 6. The lowest BCUT2D eigenvalue weighted by Gasteiger charge is -2.16. The minimum absolute atomic E-state index is 0.334. The van der Waals surface area contributed by atoms with Crippen LogP contribution in [0, 0.1) is 0 Å². The summed E-state index contributed by atoms with van der Waals surface area (Å²) >= 11 is 6.46. The molecule has 0 spiro atoms. The third kappa shape index (κ3) is 8.42. The Kier molecular flexibility index (Phi) is 10.0. The van der Waals surface area contributed by atoms with Gasteiger partial charge >= 0.3 is 0 Å². The molecule has 0 aliphatic rings. The van der Waals surface area contributed by atoms with Crippen LogP contribution >= 0.6 is 11.6 Å². The van der Waals surface area contributed by atoms with Crippen molar-refractivity contribution in [3.63, 3.8) is 0 Å². The predicted octanol–water partition coefficient (Wildman–Crippen LogP) is 8.38. The van der Waals surface area contributed by atoms with Crippen molar-refractivity contribution >= 4 is 50.3 Å². The van der Waals surface area contributed by atoms with Gasteiger partial charge in [0, 0.05) is 41.1 Å². The Bertz CT molecular complexity index is 1710. The highest BCUT2D eigenvalue weighted by atomic mass is 35.5. The normalized spacial score (nSPS) is 12.2. The van der Waals surface area contributed by atoms with E-state index in [1.54, 1.807) is 6.20 Å². The summed E-state index contributed by atoms with van der Waals surface area (Å²) in [5.41, 5.74) is 4.07. The van der Waals surface area contributed by atoms with Crippen molar-refractivity contribution in [2.24, 2.45) is 0 Å². The van der Waals surface area contributed by atoms with Crippen LogP contribution in [0.2, 0.25) is 56.4 Å². The number of nitrogens with one attached hydrogen (secondary N) is 1. The van der Waals surface area contributed by atoms with Gasteiger partial charge in [0.15, 0.2) is 17.3 Å². The third-order valence-electron chi connectivity index (χ3n) is 7.10. The molecule has 0 unspecified atom stereocenters. The number of rotatable bonds is 14. The number of halogens is 1. The first-order chi connectivity index (χ1) is 21.0. The summed E-state index contributed by atoms with van der Waals surface area (Å²) in [5.74, 6) is 1.86. The number of ether oxygens (including phenoxy) is 2. The minimum atomic E-state index is -1.23. The summed E-state index contributed by atoms with van der Waals surface area (Å²) in [7, 11) is -2.44. The van der Waals surface area contributed by atoms with Gasteiger partial charge in [0.1, 0.15) is 19.3 Å². The van der Waals surface area contributed by atoms with Gasteiger partial charge < -0.3 is 14.8 Å². The van der Waals surface area contributed by atoms with Gasteiger partial charge in [-0.3, -0.25) is 4.57 Å². The van der Waals surface area contributed by atoms with E-state index in [0.717, 1.165) is 34.4 Å². The summed E-state index contributed by atoms with van der Waals surface area (Å²) in [5, 5.41) is 9.05. The molecule has 0 aliphatic heterocycles. The molecule has 44 heavy (non-hydrogen) atoms. The van der Waals surface area contributed by atoms with Gasteiger partial charge in [-0.25, -0.2) is 19.6 Å². The van der Waals surface area contributed by atoms with E-state index in [2.05, 4.69) is 60.2 Å². The average molecular weight is 648 g/mol. The first kappa shape index (κ1) is 32.0. The van der Waals surface area contributed by atoms with Crippen LogP contribution in [-0.2, 0) is 22.9 Å². The maximum absolute atomic E-state index is 6.46. The van der Waals surface area contributed by atoms with Gasteiger partial charge in [0.05, 0.1) is 27.9 Å². The molecule has 1 N–H and O–H groups in total. The molecular weight excluding hydrogens is 606 g/mol. The largest absolute Gasteiger partial charge is 0.361 e. The summed E-state index contributed by atoms with van der Waals surface area (Å²) in [4.78, 5) is 14.3. The van der Waals surface area contributed by atoms with Crippen LogP contribution in [0.1, 0.15) is 0 Å². The molecule has 12 heteroatoms. The number of hydrogen-bond donors (Lipinski definition) is 1. The van der Waals surface area contributed by atoms with Crippen LogP contribution in [0.3, 0.4) is 0 Å². The predicted molar refractivity (Wildman–Crippen MR) is 185 cm³/mol. The molecule has 5 rings (SSSR count). The van der Waals surface area contributed by atoms with E-state index in [9.17, 15) is 0 Å². The van der Waals surface area contributed by atoms with E-state index < -0.39 is 16.1 Å². The van der Waals surface area contributed by atoms with Crippen molar-refractivity contribution in [1.29, 1.82) is 0 Å². The van der Waals surface area contributed by atoms with E-state index >= 15 is 0 Å². The molecule has 0 amide bonds. The summed E-state index contributed by atoms with van der Waals surface area (Å²) < 4.78 is 16.2. The Hall–Kier alpha value is -3.36. The Morgan fingerprint density at radius 1 is 0.818 bits per heavy atom. The summed E-state index contributed by atoms with van der Waals surface area (Å²) in [6.07, 6.45) is 3.66. The van der Waals surface area contributed by atoms with Crippen LogP contribution in [0.4, 0.5) is 11.5 Å². The Balaban J connectivity index is 1.49. The zero-order valence-corrected chi connectivity index (χ0v) is 29.2. The fourth-order valence-corrected chi connectivity index (χ4v) is 6.27. The smallest absolute Gasteiger partial charge is 0.165 e. The number of para-hydroxylation sites is 2. The molecule has 232 valence electrons. The van der Waals surface area contributed by atoms with E-state index in [0.29, 0.717) is 54.9 Å². The number of benzene rings is 2. The summed E-state index contributed by atoms with van der Waals surface area (Å²) in [6, 6.07) is 19.7. The van der Waals surface area contributed by atoms with E-state index in [4.69, 9.17) is 36.1 Å². The molecule has 0 saturated carbocycles. The van der Waals surface area contributed by atoms with Crippen molar-refractivity contribution < 1.29 is 9.47 Å². The highest BCUT2D eigenvalue weighted by Gasteiger charge is 2.21. The average Bonchev–Trinajstić information content (AvgIpc) is 3.53. The van der Waals surface area contributed by atoms with Gasteiger partial charge in [-0.05, 0) is 42.4 Å². The number of hydrogen-bond acceptors (Lipinski definition) is 7. The fraction of sp³-hybridized carbons (Fsp3) is 0.375. The van der Waals surface area contributed by atoms with E-state index in [1.165, 1.54) is 0 Å². The SMILES string of the molecule is C[Si](C)(C)CCOCn1cc(Nc2ccnc(-c3ccccc3Cl)n2)c(-c2nc3ccccc3n2COCC[Si](C)(C)C)n1. The van der Waals surface area contributed by atoms with Crippen molar-refractivity contribution in [2.45, 2.75) is 64.8 Å². The first-order valence-electron chi connectivity index (χ1n) is 15.0. The van der Waals surface area contributed by atoms with Crippen LogP contribution in [0.5, 0.6) is 0 Å². The highest BCUT2D eigenvalue weighted by Crippen LogP contribution is 2.32. The van der Waals surface area contributed by atoms with Crippen LogP contribution in [0.25, 0.3) is 33.9 Å². The van der Waals surface area contributed by atoms with Gasteiger partial charge in [0.2, 0.25) is 0 Å². The maximum atomic E-state index is 6.46. The standard InChI is InChI=1S/C32H42ClN7O2Si2/c1-43(2,3)19-17-41-22-39-21-27(35-29-15-16-34-31(37-29)24-11-7-8-12-25(24)33)30(38-39)32-36-26-13-9-10-14-28(26)40(32)23-42-18-20-44(4,5)6/h7-16,21H,17-20,22-23H2,1-6H3,(H,34,35,37). The van der Waals surface area contributed by atoms with Crippen molar-refractivity contribution in [1.82, 2.24) is 29.3 Å². The Morgan fingerprint density at radius 3 is 2.23 bits per heavy atom. The number of anilines is 2. The monoisotopic (exact) mass is 647 g/mol. The molecule has 3 aromatic heterocycles. The Morgan fingerprint density at radius 2 is 1.50 bits per heavy atom.